The second-order valence-electron chi connectivity index (χ2n) is 8.80. The van der Waals surface area contributed by atoms with E-state index in [4.69, 9.17) is 4.74 Å². The fourth-order valence-corrected chi connectivity index (χ4v) is 4.16. The molecule has 174 valence electrons. The molecule has 0 unspecified atom stereocenters. The first-order valence-electron chi connectivity index (χ1n) is 11.5. The number of likely N-dealkylation sites (N-methyl/N-ethyl adjacent to an activating group) is 1. The highest BCUT2D eigenvalue weighted by molar-refractivity contribution is 6.45. The molecule has 1 saturated heterocycles. The molecule has 0 aromatic heterocycles. The summed E-state index contributed by atoms with van der Waals surface area (Å²) < 4.78 is 19.3. The number of hydrogen-bond donors (Lipinski definition) is 0. The highest BCUT2D eigenvalue weighted by Gasteiger charge is 2.43. The van der Waals surface area contributed by atoms with Crippen LogP contribution in [0.4, 0.5) is 10.1 Å². The highest BCUT2D eigenvalue weighted by atomic mass is 19.1. The maximum atomic E-state index is 13.6. The molecular formula is C26H30FN3O3. The number of piperazine rings is 1. The summed E-state index contributed by atoms with van der Waals surface area (Å²) in [5.41, 5.74) is 1.75. The summed E-state index contributed by atoms with van der Waals surface area (Å²) in [6.45, 7) is 10.7. The van der Waals surface area contributed by atoms with Crippen molar-refractivity contribution in [3.8, 4) is 5.75 Å². The minimum absolute atomic E-state index is 0.324. The Bertz CT molecular complexity index is 1040. The number of nitrogens with zero attached hydrogens (tertiary/aromatic N) is 3. The zero-order chi connectivity index (χ0) is 23.5. The lowest BCUT2D eigenvalue weighted by Gasteiger charge is -2.36. The van der Waals surface area contributed by atoms with Crippen molar-refractivity contribution in [3.05, 3.63) is 65.6 Å². The van der Waals surface area contributed by atoms with Crippen molar-refractivity contribution in [2.75, 3.05) is 44.2 Å². The van der Waals surface area contributed by atoms with Crippen molar-refractivity contribution >= 4 is 23.1 Å². The highest BCUT2D eigenvalue weighted by Crippen LogP contribution is 2.35. The van der Waals surface area contributed by atoms with Crippen LogP contribution in [0.25, 0.3) is 5.57 Å². The molecule has 1 fully saturated rings. The first-order valence-corrected chi connectivity index (χ1v) is 11.5. The number of halogens is 1. The smallest absolute Gasteiger partial charge is 0.282 e. The van der Waals surface area contributed by atoms with Crippen LogP contribution in [0.3, 0.4) is 0 Å². The number of hydrogen-bond acceptors (Lipinski definition) is 5. The molecule has 0 saturated carbocycles. The topological polar surface area (TPSA) is 53.1 Å². The predicted octanol–water partition coefficient (Wildman–Crippen LogP) is 3.78. The Kier molecular flexibility index (Phi) is 6.79. The second-order valence-corrected chi connectivity index (χ2v) is 8.80. The van der Waals surface area contributed by atoms with E-state index in [1.54, 1.807) is 36.4 Å². The van der Waals surface area contributed by atoms with Crippen molar-refractivity contribution < 1.29 is 18.7 Å². The van der Waals surface area contributed by atoms with E-state index in [1.807, 2.05) is 4.90 Å². The molecule has 0 aliphatic carbocycles. The van der Waals surface area contributed by atoms with Crippen LogP contribution in [-0.2, 0) is 9.59 Å². The summed E-state index contributed by atoms with van der Waals surface area (Å²) in [6.07, 6.45) is 0. The largest absolute Gasteiger partial charge is 0.493 e. The van der Waals surface area contributed by atoms with Crippen molar-refractivity contribution in [3.63, 3.8) is 0 Å². The van der Waals surface area contributed by atoms with Crippen molar-refractivity contribution in [2.45, 2.75) is 20.8 Å². The lowest BCUT2D eigenvalue weighted by atomic mass is 10.0. The molecule has 2 aromatic rings. The van der Waals surface area contributed by atoms with E-state index in [9.17, 15) is 14.0 Å². The first kappa shape index (κ1) is 23.0. The molecule has 6 nitrogen and oxygen atoms in total. The monoisotopic (exact) mass is 451 g/mol. The number of amides is 2. The lowest BCUT2D eigenvalue weighted by Crippen LogP contribution is -2.47. The molecule has 7 heteroatoms. The zero-order valence-corrected chi connectivity index (χ0v) is 19.4. The van der Waals surface area contributed by atoms with Gasteiger partial charge in [0, 0.05) is 26.2 Å². The van der Waals surface area contributed by atoms with E-state index < -0.39 is 5.91 Å². The third-order valence-electron chi connectivity index (χ3n) is 6.01. The third kappa shape index (κ3) is 4.78. The normalized spacial score (nSPS) is 17.5. The molecule has 2 aliphatic rings. The van der Waals surface area contributed by atoms with Gasteiger partial charge in [-0.2, -0.15) is 0 Å². The molecule has 2 aromatic carbocycles. The molecule has 0 atom stereocenters. The van der Waals surface area contributed by atoms with Gasteiger partial charge in [0.05, 0.1) is 17.9 Å². The SMILES string of the molecule is CCN1CCN(C2=C(c3ccc(F)cc3)C(=O)N(c3ccc(OCC(C)C)cc3)C2=O)CC1. The van der Waals surface area contributed by atoms with Gasteiger partial charge in [-0.15, -0.1) is 0 Å². The van der Waals surface area contributed by atoms with E-state index >= 15 is 0 Å². The lowest BCUT2D eigenvalue weighted by molar-refractivity contribution is -0.120. The van der Waals surface area contributed by atoms with Crippen LogP contribution in [0.15, 0.2) is 54.2 Å². The van der Waals surface area contributed by atoms with E-state index in [-0.39, 0.29) is 11.7 Å². The van der Waals surface area contributed by atoms with Gasteiger partial charge >= 0.3 is 0 Å². The van der Waals surface area contributed by atoms with E-state index in [1.165, 1.54) is 17.0 Å². The van der Waals surface area contributed by atoms with Crippen LogP contribution >= 0.6 is 0 Å². The van der Waals surface area contributed by atoms with Crippen molar-refractivity contribution in [1.82, 2.24) is 9.80 Å². The van der Waals surface area contributed by atoms with Gasteiger partial charge in [0.25, 0.3) is 11.8 Å². The minimum Gasteiger partial charge on any atom is -0.493 e. The van der Waals surface area contributed by atoms with Gasteiger partial charge in [0.15, 0.2) is 0 Å². The standard InChI is InChI=1S/C26H30FN3O3/c1-4-28-13-15-29(16-14-28)24-23(19-5-7-20(27)8-6-19)25(31)30(26(24)32)21-9-11-22(12-10-21)33-17-18(2)3/h5-12,18H,4,13-17H2,1-3H3. The van der Waals surface area contributed by atoms with Gasteiger partial charge in [0.2, 0.25) is 0 Å². The molecule has 0 bridgehead atoms. The van der Waals surface area contributed by atoms with Crippen LogP contribution in [-0.4, -0.2) is 60.9 Å². The summed E-state index contributed by atoms with van der Waals surface area (Å²) in [7, 11) is 0. The van der Waals surface area contributed by atoms with Gasteiger partial charge in [0.1, 0.15) is 17.3 Å². The Hall–Kier alpha value is -3.19. The molecular weight excluding hydrogens is 421 g/mol. The summed E-state index contributed by atoms with van der Waals surface area (Å²) in [6, 6.07) is 12.8. The number of imide groups is 1. The van der Waals surface area contributed by atoms with Crippen LogP contribution < -0.4 is 9.64 Å². The maximum absolute atomic E-state index is 13.6. The van der Waals surface area contributed by atoms with Crippen LogP contribution in [0.2, 0.25) is 0 Å². The predicted molar refractivity (Wildman–Crippen MR) is 126 cm³/mol. The first-order chi connectivity index (χ1) is 15.9. The molecule has 0 N–H and O–H groups in total. The summed E-state index contributed by atoms with van der Waals surface area (Å²) in [5.74, 6) is -0.0441. The fraction of sp³-hybridized carbons (Fsp3) is 0.385. The summed E-state index contributed by atoms with van der Waals surface area (Å²) in [4.78, 5) is 32.7. The number of carbonyl (C=O) groups is 2. The number of anilines is 1. The molecule has 0 spiro atoms. The van der Waals surface area contributed by atoms with Gasteiger partial charge in [-0.1, -0.05) is 32.9 Å². The second kappa shape index (κ2) is 9.75. The zero-order valence-electron chi connectivity index (χ0n) is 19.4. The number of ether oxygens (including phenoxy) is 1. The van der Waals surface area contributed by atoms with Crippen LogP contribution in [0.5, 0.6) is 5.75 Å². The Morgan fingerprint density at radius 3 is 2.12 bits per heavy atom. The third-order valence-corrected chi connectivity index (χ3v) is 6.01. The number of carbonyl (C=O) groups excluding carboxylic acids is 2. The van der Waals surface area contributed by atoms with Crippen LogP contribution in [0.1, 0.15) is 26.3 Å². The maximum Gasteiger partial charge on any atom is 0.282 e. The van der Waals surface area contributed by atoms with Gasteiger partial charge < -0.3 is 14.5 Å². The van der Waals surface area contributed by atoms with Gasteiger partial charge in [-0.05, 0) is 54.4 Å². The molecule has 2 heterocycles. The van der Waals surface area contributed by atoms with Gasteiger partial charge in [-0.25, -0.2) is 9.29 Å². The Morgan fingerprint density at radius 2 is 1.55 bits per heavy atom. The molecule has 0 radical (unpaired) electrons. The van der Waals surface area contributed by atoms with E-state index in [2.05, 4.69) is 25.7 Å². The minimum atomic E-state index is -0.393. The van der Waals surface area contributed by atoms with Crippen molar-refractivity contribution in [2.24, 2.45) is 5.92 Å². The molecule has 2 amide bonds. The average Bonchev–Trinajstić information content (AvgIpc) is 3.08. The molecule has 4 rings (SSSR count). The average molecular weight is 452 g/mol. The Morgan fingerprint density at radius 1 is 0.909 bits per heavy atom. The molecule has 2 aliphatic heterocycles. The van der Waals surface area contributed by atoms with Gasteiger partial charge in [-0.3, -0.25) is 9.59 Å². The van der Waals surface area contributed by atoms with Crippen LogP contribution in [0, 0.1) is 11.7 Å². The number of benzene rings is 2. The Balaban J connectivity index is 1.66. The van der Waals surface area contributed by atoms with E-state index in [0.717, 1.165) is 19.6 Å². The summed E-state index contributed by atoms with van der Waals surface area (Å²) in [5, 5.41) is 0. The van der Waals surface area contributed by atoms with Crippen molar-refractivity contribution in [1.29, 1.82) is 0 Å². The number of rotatable bonds is 7. The molecule has 33 heavy (non-hydrogen) atoms. The fourth-order valence-electron chi connectivity index (χ4n) is 4.16. The quantitative estimate of drug-likeness (QED) is 0.600. The Labute approximate surface area is 194 Å². The van der Waals surface area contributed by atoms with E-state index in [0.29, 0.717) is 53.9 Å². The summed E-state index contributed by atoms with van der Waals surface area (Å²) >= 11 is 0.